The van der Waals surface area contributed by atoms with E-state index in [1.165, 1.54) is 40.5 Å². The highest BCUT2D eigenvalue weighted by Crippen LogP contribution is 2.50. The van der Waals surface area contributed by atoms with Gasteiger partial charge in [0.25, 0.3) is 11.8 Å². The molecule has 6 N–H and O–H groups in total. The third kappa shape index (κ3) is 5.80. The first-order valence-electron chi connectivity index (χ1n) is 13.7. The van der Waals surface area contributed by atoms with E-state index in [2.05, 4.69) is 10.6 Å². The number of benzene rings is 2. The van der Waals surface area contributed by atoms with E-state index in [9.17, 15) is 23.2 Å². The maximum Gasteiger partial charge on any atom is 0.299 e. The molecule has 3 aromatic rings. The minimum Gasteiger partial charge on any atom is -0.400 e. The van der Waals surface area contributed by atoms with Crippen molar-refractivity contribution in [2.75, 3.05) is 33.4 Å². The number of hydrogen-bond donors (Lipinski definition) is 5. The van der Waals surface area contributed by atoms with Gasteiger partial charge in [-0.15, -0.1) is 11.3 Å². The second-order valence-corrected chi connectivity index (χ2v) is 11.3. The number of aliphatic hydroxyl groups is 1. The molecule has 1 atom stereocenters. The van der Waals surface area contributed by atoms with Crippen LogP contribution in [0.15, 0.2) is 53.9 Å². The van der Waals surface area contributed by atoms with Gasteiger partial charge in [0.05, 0.1) is 32.8 Å². The van der Waals surface area contributed by atoms with Gasteiger partial charge in [0.15, 0.2) is 5.79 Å². The van der Waals surface area contributed by atoms with E-state index in [0.717, 1.165) is 12.0 Å². The zero-order valence-electron chi connectivity index (χ0n) is 23.7. The molecule has 2 aliphatic heterocycles. The number of thiophene rings is 1. The van der Waals surface area contributed by atoms with E-state index in [1.54, 1.807) is 29.6 Å². The van der Waals surface area contributed by atoms with Gasteiger partial charge >= 0.3 is 0 Å². The summed E-state index contributed by atoms with van der Waals surface area (Å²) >= 11 is 1.35. The van der Waals surface area contributed by atoms with Crippen LogP contribution >= 0.6 is 11.3 Å². The Morgan fingerprint density at radius 2 is 1.75 bits per heavy atom. The number of fused-ring (bicyclic) bond motifs is 3. The SMILES string of the molecule is CO.N=C(N)c1csc(CNC(=O)C2CC3(CN2C(=O)CNC(=O)c2ccc4c(c2)-c2ccccc2C4(F)F)OCCO3)c1. The molecule has 0 saturated carbocycles. The van der Waals surface area contributed by atoms with Crippen molar-refractivity contribution in [1.29, 1.82) is 5.41 Å². The van der Waals surface area contributed by atoms with E-state index in [0.29, 0.717) is 24.3 Å². The van der Waals surface area contributed by atoms with Crippen molar-refractivity contribution in [3.8, 4) is 11.1 Å². The predicted octanol–water partition coefficient (Wildman–Crippen LogP) is 2.15. The number of nitrogens with one attached hydrogen (secondary N) is 3. The topological polar surface area (TPSA) is 167 Å². The van der Waals surface area contributed by atoms with Gasteiger partial charge in [-0.05, 0) is 29.3 Å². The number of nitrogens with two attached hydrogens (primary N) is 1. The average molecular weight is 628 g/mol. The van der Waals surface area contributed by atoms with Gasteiger partial charge in [-0.3, -0.25) is 19.8 Å². The lowest BCUT2D eigenvalue weighted by Gasteiger charge is -2.24. The molecule has 0 bridgehead atoms. The second-order valence-electron chi connectivity index (χ2n) is 10.3. The highest BCUT2D eigenvalue weighted by molar-refractivity contribution is 7.10. The number of halogens is 2. The molecule has 2 saturated heterocycles. The number of aliphatic hydroxyl groups excluding tert-OH is 1. The largest absolute Gasteiger partial charge is 0.400 e. The molecule has 6 rings (SSSR count). The summed E-state index contributed by atoms with van der Waals surface area (Å²) in [4.78, 5) is 41.6. The van der Waals surface area contributed by atoms with Crippen molar-refractivity contribution in [3.63, 3.8) is 0 Å². The van der Waals surface area contributed by atoms with Crippen molar-refractivity contribution in [1.82, 2.24) is 15.5 Å². The van der Waals surface area contributed by atoms with Crippen molar-refractivity contribution >= 4 is 34.9 Å². The summed E-state index contributed by atoms with van der Waals surface area (Å²) in [6.45, 7) is 0.432. The molecule has 0 radical (unpaired) electrons. The second kappa shape index (κ2) is 12.4. The molecule has 2 aromatic carbocycles. The molecule has 11 nitrogen and oxygen atoms in total. The predicted molar refractivity (Wildman–Crippen MR) is 157 cm³/mol. The summed E-state index contributed by atoms with van der Waals surface area (Å²) in [6, 6.07) is 10.9. The van der Waals surface area contributed by atoms with Gasteiger partial charge < -0.3 is 35.8 Å². The zero-order chi connectivity index (χ0) is 31.6. The van der Waals surface area contributed by atoms with Crippen LogP contribution in [0.1, 0.15) is 38.3 Å². The lowest BCUT2D eigenvalue weighted by Crippen LogP contribution is -2.49. The number of nitrogens with zero attached hydrogens (tertiary/aromatic N) is 1. The highest BCUT2D eigenvalue weighted by Gasteiger charge is 2.52. The summed E-state index contributed by atoms with van der Waals surface area (Å²) in [5.74, 6) is -5.89. The zero-order valence-corrected chi connectivity index (χ0v) is 24.5. The normalized spacial score (nSPS) is 18.6. The summed E-state index contributed by atoms with van der Waals surface area (Å²) in [7, 11) is 1.00. The van der Waals surface area contributed by atoms with E-state index in [1.807, 2.05) is 0 Å². The molecule has 3 heterocycles. The molecule has 1 spiro atoms. The number of nitrogen functional groups attached to an aromatic ring is 1. The number of ether oxygens (including phenoxy) is 2. The minimum absolute atomic E-state index is 0.0119. The lowest BCUT2D eigenvalue weighted by molar-refractivity contribution is -0.152. The fourth-order valence-corrected chi connectivity index (χ4v) is 6.45. The van der Waals surface area contributed by atoms with Crippen LogP contribution in [0.4, 0.5) is 8.78 Å². The van der Waals surface area contributed by atoms with Crippen LogP contribution < -0.4 is 16.4 Å². The third-order valence-corrected chi connectivity index (χ3v) is 8.64. The third-order valence-electron chi connectivity index (χ3n) is 7.71. The molecule has 1 aliphatic carbocycles. The Bertz CT molecular complexity index is 1610. The lowest BCUT2D eigenvalue weighted by atomic mass is 10.0. The molecule has 44 heavy (non-hydrogen) atoms. The van der Waals surface area contributed by atoms with Crippen molar-refractivity contribution < 1.29 is 37.7 Å². The summed E-state index contributed by atoms with van der Waals surface area (Å²) < 4.78 is 41.3. The van der Waals surface area contributed by atoms with Gasteiger partial charge in [-0.2, -0.15) is 8.78 Å². The Labute approximate surface area is 255 Å². The van der Waals surface area contributed by atoms with Gasteiger partial charge in [-0.25, -0.2) is 0 Å². The Kier molecular flexibility index (Phi) is 8.79. The monoisotopic (exact) mass is 627 g/mol. The average Bonchev–Trinajstić information content (AvgIpc) is 3.82. The summed E-state index contributed by atoms with van der Waals surface area (Å²) in [6.07, 6.45) is 0.125. The smallest absolute Gasteiger partial charge is 0.299 e. The van der Waals surface area contributed by atoms with E-state index >= 15 is 0 Å². The maximum absolute atomic E-state index is 14.9. The van der Waals surface area contributed by atoms with E-state index in [-0.39, 0.29) is 47.6 Å². The fraction of sp³-hybridized carbons (Fsp3) is 0.333. The Hall–Kier alpha value is -4.24. The number of amidine groups is 1. The fourth-order valence-electron chi connectivity index (χ4n) is 5.63. The van der Waals surface area contributed by atoms with Crippen LogP contribution in [0.2, 0.25) is 0 Å². The molecule has 2 fully saturated rings. The number of amides is 3. The highest BCUT2D eigenvalue weighted by atomic mass is 32.1. The molecule has 14 heteroatoms. The van der Waals surface area contributed by atoms with Crippen LogP contribution in [0.25, 0.3) is 11.1 Å². The number of carbonyl (C=O) groups is 3. The van der Waals surface area contributed by atoms with Crippen LogP contribution in [-0.2, 0) is 31.5 Å². The number of carbonyl (C=O) groups excluding carboxylic acids is 3. The van der Waals surface area contributed by atoms with Crippen LogP contribution in [0.5, 0.6) is 0 Å². The van der Waals surface area contributed by atoms with E-state index < -0.39 is 42.0 Å². The first-order valence-corrected chi connectivity index (χ1v) is 14.6. The summed E-state index contributed by atoms with van der Waals surface area (Å²) in [5.41, 5.74) is 6.53. The number of hydrogen-bond acceptors (Lipinski definition) is 8. The Morgan fingerprint density at radius 1 is 1.05 bits per heavy atom. The molecule has 3 amide bonds. The van der Waals surface area contributed by atoms with Crippen LogP contribution in [0, 0.1) is 5.41 Å². The number of alkyl halides is 2. The molecule has 1 unspecified atom stereocenters. The molecular formula is C30H31F2N5O6S. The quantitative estimate of drug-likeness (QED) is 0.198. The molecule has 232 valence electrons. The molecular weight excluding hydrogens is 596 g/mol. The number of likely N-dealkylation sites (tertiary alicyclic amines) is 1. The van der Waals surface area contributed by atoms with Gasteiger partial charge in [0.2, 0.25) is 11.8 Å². The molecule has 3 aliphatic rings. The first kappa shape index (κ1) is 31.2. The first-order chi connectivity index (χ1) is 21.1. The maximum atomic E-state index is 14.9. The van der Waals surface area contributed by atoms with Crippen molar-refractivity contribution in [2.45, 2.75) is 30.7 Å². The van der Waals surface area contributed by atoms with E-state index in [4.69, 9.17) is 25.7 Å². The van der Waals surface area contributed by atoms with Gasteiger partial charge in [-0.1, -0.05) is 30.3 Å². The minimum atomic E-state index is -3.16. The number of rotatable bonds is 7. The Morgan fingerprint density at radius 3 is 2.45 bits per heavy atom. The van der Waals surface area contributed by atoms with Crippen molar-refractivity contribution in [2.24, 2.45) is 5.73 Å². The van der Waals surface area contributed by atoms with Crippen molar-refractivity contribution in [3.05, 3.63) is 81.0 Å². The van der Waals surface area contributed by atoms with Crippen LogP contribution in [-0.4, -0.2) is 78.8 Å². The van der Waals surface area contributed by atoms with Gasteiger partial charge in [0.1, 0.15) is 11.9 Å². The Balaban J connectivity index is 0.00000188. The molecule has 1 aromatic heterocycles. The van der Waals surface area contributed by atoms with Gasteiger partial charge in [0, 0.05) is 46.0 Å². The summed E-state index contributed by atoms with van der Waals surface area (Å²) in [5, 5.41) is 21.6. The standard InChI is InChI=1S/C29H27F2N5O5S.CH4O/c30-29(31)21-4-2-1-3-19(21)20-10-16(5-6-22(20)29)26(38)35-13-24(37)36-15-28(40-7-8-41-28)11-23(36)27(39)34-12-18-9-17(14-42-18)25(32)33;1-2/h1-6,9-10,14,23H,7-8,11-13,15H2,(H3,32,33)(H,34,39)(H,35,38);2H,1H3. The van der Waals surface area contributed by atoms with Crippen LogP contribution in [0.3, 0.4) is 0 Å².